The van der Waals surface area contributed by atoms with Crippen molar-refractivity contribution in [3.05, 3.63) is 34.9 Å². The molecule has 21 heavy (non-hydrogen) atoms. The third-order valence-electron chi connectivity index (χ3n) is 2.98. The first-order chi connectivity index (χ1) is 9.63. The summed E-state index contributed by atoms with van der Waals surface area (Å²) < 4.78 is 5.19. The van der Waals surface area contributed by atoms with E-state index in [1.165, 1.54) is 0 Å². The Bertz CT molecular complexity index is 467. The maximum absolute atomic E-state index is 11.7. The molecule has 0 aliphatic heterocycles. The van der Waals surface area contributed by atoms with Crippen LogP contribution in [0.3, 0.4) is 0 Å². The van der Waals surface area contributed by atoms with E-state index in [9.17, 15) is 9.90 Å². The van der Waals surface area contributed by atoms with E-state index in [0.717, 1.165) is 5.56 Å². The molecule has 0 aliphatic rings. The lowest BCUT2D eigenvalue weighted by Gasteiger charge is -2.28. The SMILES string of the molecule is CC(CO)(CNC(=O)OC(C)(C)C)Cc1ccc(Cl)cc1. The van der Waals surface area contributed by atoms with E-state index in [2.05, 4.69) is 5.32 Å². The zero-order chi connectivity index (χ0) is 16.1. The highest BCUT2D eigenvalue weighted by Crippen LogP contribution is 2.22. The van der Waals surface area contributed by atoms with Crippen LogP contribution in [-0.4, -0.2) is 30.0 Å². The van der Waals surface area contributed by atoms with E-state index in [-0.39, 0.29) is 6.61 Å². The minimum Gasteiger partial charge on any atom is -0.444 e. The summed E-state index contributed by atoms with van der Waals surface area (Å²) >= 11 is 5.86. The van der Waals surface area contributed by atoms with Crippen LogP contribution in [0, 0.1) is 5.41 Å². The fourth-order valence-electron chi connectivity index (χ4n) is 1.87. The molecule has 0 saturated carbocycles. The molecule has 5 heteroatoms. The van der Waals surface area contributed by atoms with Crippen molar-refractivity contribution in [1.29, 1.82) is 0 Å². The zero-order valence-corrected chi connectivity index (χ0v) is 13.8. The Morgan fingerprint density at radius 1 is 1.24 bits per heavy atom. The fourth-order valence-corrected chi connectivity index (χ4v) is 2.00. The summed E-state index contributed by atoms with van der Waals surface area (Å²) in [7, 11) is 0. The normalized spacial score (nSPS) is 14.4. The van der Waals surface area contributed by atoms with E-state index in [1.807, 2.05) is 52.0 Å². The molecule has 0 heterocycles. The quantitative estimate of drug-likeness (QED) is 0.876. The average Bonchev–Trinajstić information content (AvgIpc) is 2.37. The predicted octanol–water partition coefficient (Wildman–Crippen LogP) is 3.41. The first-order valence-electron chi connectivity index (χ1n) is 6.96. The van der Waals surface area contributed by atoms with Gasteiger partial charge in [-0.1, -0.05) is 30.7 Å². The highest BCUT2D eigenvalue weighted by atomic mass is 35.5. The van der Waals surface area contributed by atoms with Gasteiger partial charge < -0.3 is 15.2 Å². The van der Waals surface area contributed by atoms with Gasteiger partial charge in [0.2, 0.25) is 0 Å². The lowest BCUT2D eigenvalue weighted by atomic mass is 9.84. The van der Waals surface area contributed by atoms with Gasteiger partial charge in [0, 0.05) is 17.0 Å². The molecule has 1 aromatic carbocycles. The second-order valence-corrected chi connectivity index (χ2v) is 7.06. The minimum absolute atomic E-state index is 0.0363. The van der Waals surface area contributed by atoms with Crippen LogP contribution >= 0.6 is 11.6 Å². The summed E-state index contributed by atoms with van der Waals surface area (Å²) in [5.41, 5.74) is 0.0718. The number of carbonyl (C=O) groups excluding carboxylic acids is 1. The van der Waals surface area contributed by atoms with Crippen LogP contribution in [0.15, 0.2) is 24.3 Å². The number of alkyl carbamates (subject to hydrolysis) is 1. The number of rotatable bonds is 5. The van der Waals surface area contributed by atoms with Gasteiger partial charge >= 0.3 is 6.09 Å². The molecule has 0 spiro atoms. The molecule has 2 N–H and O–H groups in total. The van der Waals surface area contributed by atoms with Gasteiger partial charge in [0.1, 0.15) is 5.60 Å². The molecule has 0 aliphatic carbocycles. The summed E-state index contributed by atoms with van der Waals surface area (Å²) in [5, 5.41) is 13.0. The number of benzene rings is 1. The Kier molecular flexibility index (Phi) is 6.05. The van der Waals surface area contributed by atoms with Crippen molar-refractivity contribution >= 4 is 17.7 Å². The molecule has 1 rings (SSSR count). The molecule has 0 fully saturated rings. The van der Waals surface area contributed by atoms with Gasteiger partial charge in [-0.25, -0.2) is 4.79 Å². The molecule has 0 radical (unpaired) electrons. The van der Waals surface area contributed by atoms with E-state index in [1.54, 1.807) is 0 Å². The number of nitrogens with one attached hydrogen (secondary N) is 1. The molecule has 118 valence electrons. The second kappa shape index (κ2) is 7.14. The molecule has 4 nitrogen and oxygen atoms in total. The van der Waals surface area contributed by atoms with Gasteiger partial charge in [-0.3, -0.25) is 0 Å². The Morgan fingerprint density at radius 2 is 1.81 bits per heavy atom. The smallest absolute Gasteiger partial charge is 0.407 e. The highest BCUT2D eigenvalue weighted by Gasteiger charge is 2.26. The van der Waals surface area contributed by atoms with Crippen molar-refractivity contribution in [3.63, 3.8) is 0 Å². The lowest BCUT2D eigenvalue weighted by Crippen LogP contribution is -2.41. The molecular formula is C16H24ClNO3. The third-order valence-corrected chi connectivity index (χ3v) is 3.24. The summed E-state index contributed by atoms with van der Waals surface area (Å²) in [5.74, 6) is 0. The zero-order valence-electron chi connectivity index (χ0n) is 13.1. The Morgan fingerprint density at radius 3 is 2.29 bits per heavy atom. The standard InChI is InChI=1S/C16H24ClNO3/c1-15(2,3)21-14(20)18-10-16(4,11-19)9-12-5-7-13(17)8-6-12/h5-8,19H,9-11H2,1-4H3,(H,18,20). The van der Waals surface area contributed by atoms with Crippen LogP contribution < -0.4 is 5.32 Å². The van der Waals surface area contributed by atoms with E-state index in [0.29, 0.717) is 18.0 Å². The van der Waals surface area contributed by atoms with Crippen molar-refractivity contribution in [2.45, 2.75) is 39.7 Å². The summed E-state index contributed by atoms with van der Waals surface area (Å²) in [6, 6.07) is 7.47. The van der Waals surface area contributed by atoms with Gasteiger partial charge in [0.25, 0.3) is 0 Å². The summed E-state index contributed by atoms with van der Waals surface area (Å²) in [6.45, 7) is 7.65. The van der Waals surface area contributed by atoms with Crippen LogP contribution in [-0.2, 0) is 11.2 Å². The monoisotopic (exact) mass is 313 g/mol. The molecule has 1 unspecified atom stereocenters. The largest absolute Gasteiger partial charge is 0.444 e. The van der Waals surface area contributed by atoms with Crippen molar-refractivity contribution in [1.82, 2.24) is 5.32 Å². The predicted molar refractivity (Wildman–Crippen MR) is 84.6 cm³/mol. The first kappa shape index (κ1) is 17.8. The van der Waals surface area contributed by atoms with Gasteiger partial charge in [0.15, 0.2) is 0 Å². The summed E-state index contributed by atoms with van der Waals surface area (Å²) in [6.07, 6.45) is 0.162. The van der Waals surface area contributed by atoms with Gasteiger partial charge in [-0.2, -0.15) is 0 Å². The fraction of sp³-hybridized carbons (Fsp3) is 0.562. The molecule has 1 atom stereocenters. The van der Waals surface area contributed by atoms with E-state index >= 15 is 0 Å². The molecule has 1 aromatic rings. The number of aliphatic hydroxyl groups is 1. The Hall–Kier alpha value is -1.26. The minimum atomic E-state index is -0.532. The van der Waals surface area contributed by atoms with Crippen molar-refractivity contribution in [2.75, 3.05) is 13.2 Å². The van der Waals surface area contributed by atoms with Gasteiger partial charge in [-0.05, 0) is 44.9 Å². The Balaban J connectivity index is 2.59. The maximum Gasteiger partial charge on any atom is 0.407 e. The molecular weight excluding hydrogens is 290 g/mol. The highest BCUT2D eigenvalue weighted by molar-refractivity contribution is 6.30. The molecule has 0 aromatic heterocycles. The van der Waals surface area contributed by atoms with E-state index < -0.39 is 17.1 Å². The van der Waals surface area contributed by atoms with Gasteiger partial charge in [-0.15, -0.1) is 0 Å². The summed E-state index contributed by atoms with van der Waals surface area (Å²) in [4.78, 5) is 11.7. The van der Waals surface area contributed by atoms with Crippen LogP contribution in [0.1, 0.15) is 33.3 Å². The molecule has 1 amide bonds. The van der Waals surface area contributed by atoms with Crippen molar-refractivity contribution < 1.29 is 14.6 Å². The second-order valence-electron chi connectivity index (χ2n) is 6.63. The van der Waals surface area contributed by atoms with E-state index in [4.69, 9.17) is 16.3 Å². The topological polar surface area (TPSA) is 58.6 Å². The number of aliphatic hydroxyl groups excluding tert-OH is 1. The first-order valence-corrected chi connectivity index (χ1v) is 7.33. The average molecular weight is 314 g/mol. The number of halogens is 1. The maximum atomic E-state index is 11.7. The molecule has 0 bridgehead atoms. The van der Waals surface area contributed by atoms with Crippen LogP contribution in [0.5, 0.6) is 0 Å². The number of hydrogen-bond acceptors (Lipinski definition) is 3. The number of carbonyl (C=O) groups is 1. The van der Waals surface area contributed by atoms with Crippen molar-refractivity contribution in [2.24, 2.45) is 5.41 Å². The third kappa shape index (κ3) is 6.82. The Labute approximate surface area is 131 Å². The number of amides is 1. The van der Waals surface area contributed by atoms with Crippen molar-refractivity contribution in [3.8, 4) is 0 Å². The lowest BCUT2D eigenvalue weighted by molar-refractivity contribution is 0.0478. The van der Waals surface area contributed by atoms with Crippen LogP contribution in [0.25, 0.3) is 0 Å². The van der Waals surface area contributed by atoms with Crippen LogP contribution in [0.4, 0.5) is 4.79 Å². The number of ether oxygens (including phenoxy) is 1. The van der Waals surface area contributed by atoms with Crippen LogP contribution in [0.2, 0.25) is 5.02 Å². The number of hydrogen-bond donors (Lipinski definition) is 2. The van der Waals surface area contributed by atoms with Gasteiger partial charge in [0.05, 0.1) is 6.61 Å². The molecule has 0 saturated heterocycles.